The van der Waals surface area contributed by atoms with Crippen molar-refractivity contribution in [1.82, 2.24) is 10.6 Å². The SMILES string of the molecule is Nc1cc(CC(NC(=O)c2ccccc2)C(=O)NCCCCc2ccccc2)ccc1OCC(=O)[O-].[K+]. The summed E-state index contributed by atoms with van der Waals surface area (Å²) in [6, 6.07) is 22.8. The summed E-state index contributed by atoms with van der Waals surface area (Å²) in [6.07, 6.45) is 2.85. The van der Waals surface area contributed by atoms with Crippen molar-refractivity contribution in [3.05, 3.63) is 95.6 Å². The van der Waals surface area contributed by atoms with Gasteiger partial charge in [0.15, 0.2) is 0 Å². The molecule has 0 radical (unpaired) electrons. The first-order chi connectivity index (χ1) is 17.4. The van der Waals surface area contributed by atoms with Crippen LogP contribution in [0.3, 0.4) is 0 Å². The van der Waals surface area contributed by atoms with E-state index in [1.165, 1.54) is 11.6 Å². The second kappa shape index (κ2) is 16.2. The van der Waals surface area contributed by atoms with E-state index in [0.717, 1.165) is 19.3 Å². The molecule has 1 atom stereocenters. The fourth-order valence-corrected chi connectivity index (χ4v) is 3.70. The van der Waals surface area contributed by atoms with E-state index in [4.69, 9.17) is 10.5 Å². The number of carbonyl (C=O) groups is 3. The summed E-state index contributed by atoms with van der Waals surface area (Å²) in [4.78, 5) is 36.4. The van der Waals surface area contributed by atoms with Crippen molar-refractivity contribution in [1.29, 1.82) is 0 Å². The number of aryl methyl sites for hydroxylation is 1. The Balaban J connectivity index is 0.00000481. The van der Waals surface area contributed by atoms with Crippen molar-refractivity contribution in [3.8, 4) is 5.75 Å². The summed E-state index contributed by atoms with van der Waals surface area (Å²) in [6.45, 7) is -0.131. The molecule has 2 amide bonds. The van der Waals surface area contributed by atoms with Gasteiger partial charge in [0.05, 0.1) is 11.7 Å². The first-order valence-electron chi connectivity index (χ1n) is 11.8. The normalized spacial score (nSPS) is 11.0. The topological polar surface area (TPSA) is 134 Å². The van der Waals surface area contributed by atoms with Crippen LogP contribution in [-0.2, 0) is 22.4 Å². The van der Waals surface area contributed by atoms with Gasteiger partial charge in [-0.15, -0.1) is 0 Å². The van der Waals surface area contributed by atoms with E-state index in [1.54, 1.807) is 36.4 Å². The van der Waals surface area contributed by atoms with E-state index in [0.29, 0.717) is 17.7 Å². The molecule has 0 fully saturated rings. The van der Waals surface area contributed by atoms with Gasteiger partial charge in [0.2, 0.25) is 5.91 Å². The molecule has 37 heavy (non-hydrogen) atoms. The fourth-order valence-electron chi connectivity index (χ4n) is 3.70. The van der Waals surface area contributed by atoms with Crippen LogP contribution in [0.2, 0.25) is 0 Å². The number of anilines is 1. The number of nitrogens with one attached hydrogen (secondary N) is 2. The molecule has 1 unspecified atom stereocenters. The summed E-state index contributed by atoms with van der Waals surface area (Å²) in [5.41, 5.74) is 8.60. The van der Waals surface area contributed by atoms with Crippen molar-refractivity contribution in [2.24, 2.45) is 0 Å². The minimum Gasteiger partial charge on any atom is -0.546 e. The number of carboxylic acid groups (broad SMARTS) is 1. The van der Waals surface area contributed by atoms with Crippen LogP contribution in [0.1, 0.15) is 34.3 Å². The van der Waals surface area contributed by atoms with Gasteiger partial charge in [-0.05, 0) is 54.7 Å². The van der Waals surface area contributed by atoms with Gasteiger partial charge in [-0.2, -0.15) is 0 Å². The molecule has 0 aromatic heterocycles. The van der Waals surface area contributed by atoms with Crippen LogP contribution in [0, 0.1) is 0 Å². The molecule has 0 saturated carbocycles. The molecule has 3 aromatic carbocycles. The van der Waals surface area contributed by atoms with E-state index < -0.39 is 18.6 Å². The van der Waals surface area contributed by atoms with Crippen LogP contribution < -0.4 is 77.6 Å². The van der Waals surface area contributed by atoms with Crippen molar-refractivity contribution in [2.45, 2.75) is 31.7 Å². The second-order valence-electron chi connectivity index (χ2n) is 8.36. The molecule has 0 aliphatic carbocycles. The number of unbranched alkanes of at least 4 members (excludes halogenated alkanes) is 1. The Bertz CT molecular complexity index is 1160. The molecule has 0 bridgehead atoms. The quantitative estimate of drug-likeness (QED) is 0.147. The largest absolute Gasteiger partial charge is 1.00 e. The van der Waals surface area contributed by atoms with E-state index in [2.05, 4.69) is 22.8 Å². The Kier molecular flexibility index (Phi) is 13.4. The van der Waals surface area contributed by atoms with Gasteiger partial charge in [0, 0.05) is 18.5 Å². The van der Waals surface area contributed by atoms with E-state index in [9.17, 15) is 19.5 Å². The maximum Gasteiger partial charge on any atom is 1.00 e. The van der Waals surface area contributed by atoms with Gasteiger partial charge in [-0.3, -0.25) is 9.59 Å². The summed E-state index contributed by atoms with van der Waals surface area (Å²) < 4.78 is 5.10. The third-order valence-electron chi connectivity index (χ3n) is 5.55. The third-order valence-corrected chi connectivity index (χ3v) is 5.55. The summed E-state index contributed by atoms with van der Waals surface area (Å²) in [5.74, 6) is -1.81. The molecule has 0 aliphatic rings. The van der Waals surface area contributed by atoms with Crippen LogP contribution in [-0.4, -0.2) is 37.0 Å². The van der Waals surface area contributed by atoms with Crippen LogP contribution in [0.15, 0.2) is 78.9 Å². The molecule has 9 heteroatoms. The maximum atomic E-state index is 13.0. The van der Waals surface area contributed by atoms with Gasteiger partial charge in [0.1, 0.15) is 18.4 Å². The van der Waals surface area contributed by atoms with E-state index >= 15 is 0 Å². The summed E-state index contributed by atoms with van der Waals surface area (Å²) in [5, 5.41) is 16.4. The number of rotatable bonds is 13. The van der Waals surface area contributed by atoms with Gasteiger partial charge in [0.25, 0.3) is 5.91 Å². The van der Waals surface area contributed by atoms with Gasteiger partial charge in [-0.25, -0.2) is 0 Å². The van der Waals surface area contributed by atoms with Crippen molar-refractivity contribution in [2.75, 3.05) is 18.9 Å². The Labute approximate surface area is 259 Å². The molecule has 8 nitrogen and oxygen atoms in total. The number of ether oxygens (including phenoxy) is 1. The number of amides is 2. The zero-order valence-electron chi connectivity index (χ0n) is 20.9. The van der Waals surface area contributed by atoms with Crippen LogP contribution in [0.5, 0.6) is 5.75 Å². The standard InChI is InChI=1S/C28H31N3O5.K/c29-23-17-21(14-15-25(23)36-19-26(32)33)18-24(31-27(34)22-12-5-2-6-13-22)28(35)30-16-8-7-11-20-9-3-1-4-10-20;/h1-6,9-10,12-15,17,24H,7-8,11,16,18-19,29H2,(H,30,35)(H,31,34)(H,32,33);/q;+1/p-1. The molecule has 0 heterocycles. The van der Waals surface area contributed by atoms with E-state index in [1.807, 2.05) is 24.3 Å². The Hall–Kier alpha value is -2.69. The fraction of sp³-hybridized carbons (Fsp3) is 0.250. The second-order valence-corrected chi connectivity index (χ2v) is 8.36. The summed E-state index contributed by atoms with van der Waals surface area (Å²) >= 11 is 0. The molecular weight excluding hydrogens is 497 g/mol. The van der Waals surface area contributed by atoms with Crippen molar-refractivity contribution >= 4 is 23.5 Å². The number of hydrogen-bond acceptors (Lipinski definition) is 6. The Morgan fingerprint density at radius 3 is 2.22 bits per heavy atom. The molecule has 0 saturated heterocycles. The number of nitrogen functional groups attached to an aromatic ring is 1. The maximum absolute atomic E-state index is 13.0. The number of carboxylic acids is 1. The molecule has 0 spiro atoms. The number of carbonyl (C=O) groups excluding carboxylic acids is 3. The molecule has 4 N–H and O–H groups in total. The Morgan fingerprint density at radius 1 is 0.892 bits per heavy atom. The predicted molar refractivity (Wildman–Crippen MR) is 135 cm³/mol. The zero-order valence-corrected chi connectivity index (χ0v) is 24.1. The zero-order chi connectivity index (χ0) is 25.8. The monoisotopic (exact) mass is 527 g/mol. The van der Waals surface area contributed by atoms with Gasteiger partial charge in [-0.1, -0.05) is 54.6 Å². The predicted octanol–water partition coefficient (Wildman–Crippen LogP) is -1.12. The van der Waals surface area contributed by atoms with Crippen LogP contribution >= 0.6 is 0 Å². The van der Waals surface area contributed by atoms with Crippen molar-refractivity contribution in [3.63, 3.8) is 0 Å². The summed E-state index contributed by atoms with van der Waals surface area (Å²) in [7, 11) is 0. The number of aliphatic carboxylic acids is 1. The molecular formula is C28H30KN3O5. The minimum atomic E-state index is -1.36. The number of benzene rings is 3. The minimum absolute atomic E-state index is 0. The molecule has 0 aliphatic heterocycles. The first kappa shape index (κ1) is 30.5. The van der Waals surface area contributed by atoms with E-state index in [-0.39, 0.29) is 81.1 Å². The average Bonchev–Trinajstić information content (AvgIpc) is 2.88. The van der Waals surface area contributed by atoms with Crippen LogP contribution in [0.4, 0.5) is 5.69 Å². The molecule has 3 rings (SSSR count). The number of hydrogen-bond donors (Lipinski definition) is 3. The van der Waals surface area contributed by atoms with Gasteiger partial charge >= 0.3 is 51.4 Å². The number of nitrogens with two attached hydrogens (primary N) is 1. The smallest absolute Gasteiger partial charge is 0.546 e. The van der Waals surface area contributed by atoms with Crippen LogP contribution in [0.25, 0.3) is 0 Å². The third kappa shape index (κ3) is 10.7. The molecule has 3 aromatic rings. The molecule has 188 valence electrons. The van der Waals surface area contributed by atoms with Gasteiger partial charge < -0.3 is 31.0 Å². The Morgan fingerprint density at radius 2 is 1.57 bits per heavy atom. The average molecular weight is 528 g/mol. The first-order valence-corrected chi connectivity index (χ1v) is 11.8. The van der Waals surface area contributed by atoms with Crippen molar-refractivity contribution < 1.29 is 75.6 Å².